The first kappa shape index (κ1) is 17.2. The van der Waals surface area contributed by atoms with Gasteiger partial charge >= 0.3 is 0 Å². The van der Waals surface area contributed by atoms with Crippen LogP contribution in [0.15, 0.2) is 36.4 Å². The minimum absolute atomic E-state index is 0.0274. The van der Waals surface area contributed by atoms with Crippen LogP contribution in [0.1, 0.15) is 29.8 Å². The van der Waals surface area contributed by atoms with Gasteiger partial charge in [0.2, 0.25) is 0 Å². The molecule has 0 saturated carbocycles. The zero-order chi connectivity index (χ0) is 18.0. The van der Waals surface area contributed by atoms with E-state index in [-0.39, 0.29) is 12.0 Å². The molecule has 2 aromatic carbocycles. The Kier molecular flexibility index (Phi) is 4.90. The minimum atomic E-state index is -0.230. The van der Waals surface area contributed by atoms with E-state index in [9.17, 15) is 4.79 Å². The molecular weight excluding hydrogens is 336 g/mol. The summed E-state index contributed by atoms with van der Waals surface area (Å²) >= 11 is 1.46. The maximum absolute atomic E-state index is 12.5. The van der Waals surface area contributed by atoms with Crippen molar-refractivity contribution in [1.82, 2.24) is 4.98 Å². The normalized spacial score (nSPS) is 10.9. The van der Waals surface area contributed by atoms with Gasteiger partial charge in [-0.3, -0.25) is 10.1 Å². The fraction of sp³-hybridized carbons (Fsp3) is 0.263. The van der Waals surface area contributed by atoms with Gasteiger partial charge in [0, 0.05) is 5.56 Å². The third-order valence-corrected chi connectivity index (χ3v) is 4.57. The number of para-hydroxylation sites is 1. The summed E-state index contributed by atoms with van der Waals surface area (Å²) in [5, 5.41) is 3.44. The highest BCUT2D eigenvalue weighted by atomic mass is 32.1. The van der Waals surface area contributed by atoms with Gasteiger partial charge in [-0.1, -0.05) is 23.5 Å². The van der Waals surface area contributed by atoms with Crippen molar-refractivity contribution in [2.24, 2.45) is 0 Å². The number of thiazole rings is 1. The molecule has 3 rings (SSSR count). The molecule has 0 fully saturated rings. The Labute approximate surface area is 150 Å². The highest BCUT2D eigenvalue weighted by Gasteiger charge is 2.14. The monoisotopic (exact) mass is 356 g/mol. The molecule has 1 heterocycles. The predicted octanol–water partition coefficient (Wildman–Crippen LogP) is 4.65. The molecule has 0 aliphatic rings. The lowest BCUT2D eigenvalue weighted by molar-refractivity contribution is 0.102. The van der Waals surface area contributed by atoms with Crippen LogP contribution in [-0.2, 0) is 0 Å². The zero-order valence-electron chi connectivity index (χ0n) is 14.6. The van der Waals surface area contributed by atoms with Crippen LogP contribution in [0.3, 0.4) is 0 Å². The molecule has 1 aromatic heterocycles. The van der Waals surface area contributed by atoms with Gasteiger partial charge in [0.1, 0.15) is 0 Å². The van der Waals surface area contributed by atoms with Crippen molar-refractivity contribution in [2.45, 2.75) is 26.9 Å². The molecule has 0 bridgehead atoms. The first-order valence-electron chi connectivity index (χ1n) is 8.00. The number of nitrogens with one attached hydrogen (secondary N) is 1. The molecule has 0 spiro atoms. The van der Waals surface area contributed by atoms with E-state index in [1.54, 1.807) is 25.3 Å². The molecule has 0 atom stereocenters. The second-order valence-electron chi connectivity index (χ2n) is 5.93. The summed E-state index contributed by atoms with van der Waals surface area (Å²) in [4.78, 5) is 17.0. The lowest BCUT2D eigenvalue weighted by Crippen LogP contribution is -2.12. The number of fused-ring (bicyclic) bond motifs is 1. The average molecular weight is 356 g/mol. The number of amides is 1. The Morgan fingerprint density at radius 1 is 1.20 bits per heavy atom. The topological polar surface area (TPSA) is 60.5 Å². The van der Waals surface area contributed by atoms with Crippen molar-refractivity contribution in [1.29, 1.82) is 0 Å². The third-order valence-electron chi connectivity index (χ3n) is 3.63. The van der Waals surface area contributed by atoms with Gasteiger partial charge in [0.05, 0.1) is 23.4 Å². The lowest BCUT2D eigenvalue weighted by Gasteiger charge is -2.14. The molecule has 0 aliphatic heterocycles. The summed E-state index contributed by atoms with van der Waals surface area (Å²) in [5.74, 6) is 0.914. The molecule has 25 heavy (non-hydrogen) atoms. The molecule has 1 amide bonds. The number of aryl methyl sites for hydroxylation is 1. The Morgan fingerprint density at radius 2 is 2.00 bits per heavy atom. The van der Waals surface area contributed by atoms with Crippen molar-refractivity contribution >= 4 is 32.6 Å². The van der Waals surface area contributed by atoms with Crippen molar-refractivity contribution in [2.75, 3.05) is 12.4 Å². The molecule has 5 nitrogen and oxygen atoms in total. The summed E-state index contributed by atoms with van der Waals surface area (Å²) in [6, 6.07) is 11.1. The van der Waals surface area contributed by atoms with E-state index < -0.39 is 0 Å². The standard InChI is InChI=1S/C19H20N2O3S/c1-11(2)24-14-9-8-13(10-15(14)23-4)18(22)21-19-20-17-12(3)6-5-7-16(17)25-19/h5-11H,1-4H3,(H,20,21,22). The van der Waals surface area contributed by atoms with Crippen molar-refractivity contribution in [3.05, 3.63) is 47.5 Å². The number of hydrogen-bond donors (Lipinski definition) is 1. The van der Waals surface area contributed by atoms with Crippen LogP contribution in [0.2, 0.25) is 0 Å². The number of nitrogens with zero attached hydrogens (tertiary/aromatic N) is 1. The number of carbonyl (C=O) groups excluding carboxylic acids is 1. The predicted molar refractivity (Wildman–Crippen MR) is 101 cm³/mol. The summed E-state index contributed by atoms with van der Waals surface area (Å²) in [6.45, 7) is 5.89. The van der Waals surface area contributed by atoms with Gasteiger partial charge in [-0.2, -0.15) is 0 Å². The van der Waals surface area contributed by atoms with Crippen LogP contribution in [0.5, 0.6) is 11.5 Å². The first-order chi connectivity index (χ1) is 12.0. The Balaban J connectivity index is 1.83. The van der Waals surface area contributed by atoms with Crippen LogP contribution in [0.25, 0.3) is 10.2 Å². The van der Waals surface area contributed by atoms with Gasteiger partial charge < -0.3 is 9.47 Å². The van der Waals surface area contributed by atoms with Crippen LogP contribution >= 0.6 is 11.3 Å². The van der Waals surface area contributed by atoms with Crippen molar-refractivity contribution < 1.29 is 14.3 Å². The van der Waals surface area contributed by atoms with Crippen molar-refractivity contribution in [3.8, 4) is 11.5 Å². The largest absolute Gasteiger partial charge is 0.493 e. The first-order valence-corrected chi connectivity index (χ1v) is 8.82. The SMILES string of the molecule is COc1cc(C(=O)Nc2nc3c(C)cccc3s2)ccc1OC(C)C. The van der Waals surface area contributed by atoms with Crippen LogP contribution in [0, 0.1) is 6.92 Å². The number of hydrogen-bond acceptors (Lipinski definition) is 5. The lowest BCUT2D eigenvalue weighted by atomic mass is 10.2. The number of benzene rings is 2. The smallest absolute Gasteiger partial charge is 0.257 e. The summed E-state index contributed by atoms with van der Waals surface area (Å²) < 4.78 is 12.1. The van der Waals surface area contributed by atoms with E-state index in [0.717, 1.165) is 15.8 Å². The maximum atomic E-state index is 12.5. The third kappa shape index (κ3) is 3.74. The number of rotatable bonds is 5. The number of ether oxygens (including phenoxy) is 2. The number of carbonyl (C=O) groups is 1. The summed E-state index contributed by atoms with van der Waals surface area (Å²) in [7, 11) is 1.56. The quantitative estimate of drug-likeness (QED) is 0.723. The van der Waals surface area contributed by atoms with Crippen LogP contribution in [0.4, 0.5) is 5.13 Å². The molecular formula is C19H20N2O3S. The van der Waals surface area contributed by atoms with Gasteiger partial charge in [0.25, 0.3) is 5.91 Å². The summed E-state index contributed by atoms with van der Waals surface area (Å²) in [6.07, 6.45) is 0.0274. The number of aromatic nitrogens is 1. The van der Waals surface area contributed by atoms with E-state index in [4.69, 9.17) is 9.47 Å². The van der Waals surface area contributed by atoms with E-state index in [2.05, 4.69) is 10.3 Å². The minimum Gasteiger partial charge on any atom is -0.493 e. The Bertz CT molecular complexity index is 918. The van der Waals surface area contributed by atoms with E-state index in [1.807, 2.05) is 39.0 Å². The molecule has 130 valence electrons. The zero-order valence-corrected chi connectivity index (χ0v) is 15.4. The van der Waals surface area contributed by atoms with Crippen LogP contribution in [-0.4, -0.2) is 24.1 Å². The average Bonchev–Trinajstić information content (AvgIpc) is 2.98. The number of methoxy groups -OCH3 is 1. The van der Waals surface area contributed by atoms with E-state index in [0.29, 0.717) is 22.2 Å². The molecule has 1 N–H and O–H groups in total. The Hall–Kier alpha value is -2.60. The molecule has 0 saturated heterocycles. The van der Waals surface area contributed by atoms with Gasteiger partial charge in [0.15, 0.2) is 16.6 Å². The Morgan fingerprint density at radius 3 is 2.68 bits per heavy atom. The van der Waals surface area contributed by atoms with E-state index >= 15 is 0 Å². The van der Waals surface area contributed by atoms with Crippen molar-refractivity contribution in [3.63, 3.8) is 0 Å². The molecule has 0 unspecified atom stereocenters. The van der Waals surface area contributed by atoms with Crippen LogP contribution < -0.4 is 14.8 Å². The van der Waals surface area contributed by atoms with Gasteiger partial charge in [-0.05, 0) is 50.6 Å². The summed E-state index contributed by atoms with van der Waals surface area (Å²) in [5.41, 5.74) is 2.50. The highest BCUT2D eigenvalue weighted by molar-refractivity contribution is 7.22. The molecule has 0 radical (unpaired) electrons. The fourth-order valence-corrected chi connectivity index (χ4v) is 3.41. The highest BCUT2D eigenvalue weighted by Crippen LogP contribution is 2.31. The van der Waals surface area contributed by atoms with Gasteiger partial charge in [-0.25, -0.2) is 4.98 Å². The second-order valence-corrected chi connectivity index (χ2v) is 6.96. The number of anilines is 1. The molecule has 3 aromatic rings. The van der Waals surface area contributed by atoms with Gasteiger partial charge in [-0.15, -0.1) is 0 Å². The fourth-order valence-electron chi connectivity index (χ4n) is 2.47. The van der Waals surface area contributed by atoms with E-state index in [1.165, 1.54) is 11.3 Å². The molecule has 6 heteroatoms. The second kappa shape index (κ2) is 7.11. The maximum Gasteiger partial charge on any atom is 0.257 e. The molecule has 0 aliphatic carbocycles.